The lowest BCUT2D eigenvalue weighted by Gasteiger charge is -2.06. The summed E-state index contributed by atoms with van der Waals surface area (Å²) < 4.78 is 44.4. The zero-order chi connectivity index (χ0) is 14.7. The summed E-state index contributed by atoms with van der Waals surface area (Å²) in [5.74, 6) is -4.49. The van der Waals surface area contributed by atoms with Crippen molar-refractivity contribution in [3.8, 4) is 5.75 Å². The van der Waals surface area contributed by atoms with Gasteiger partial charge in [0, 0.05) is 6.42 Å². The summed E-state index contributed by atoms with van der Waals surface area (Å²) in [6.07, 6.45) is -0.126. The van der Waals surface area contributed by atoms with Gasteiger partial charge in [0.15, 0.2) is 23.2 Å². The Morgan fingerprint density at radius 3 is 2.55 bits per heavy atom. The SMILES string of the molecule is COc1cccc(CC(=O)c2ccc(F)c(F)c2F)c1. The molecule has 0 unspecified atom stereocenters. The topological polar surface area (TPSA) is 26.3 Å². The highest BCUT2D eigenvalue weighted by molar-refractivity contribution is 5.97. The summed E-state index contributed by atoms with van der Waals surface area (Å²) >= 11 is 0. The summed E-state index contributed by atoms with van der Waals surface area (Å²) in [6.45, 7) is 0. The van der Waals surface area contributed by atoms with E-state index in [0.29, 0.717) is 11.3 Å². The van der Waals surface area contributed by atoms with Gasteiger partial charge in [0.2, 0.25) is 0 Å². The molecular weight excluding hydrogens is 269 g/mol. The maximum atomic E-state index is 13.5. The number of carbonyl (C=O) groups is 1. The second-order valence-electron chi connectivity index (χ2n) is 4.17. The van der Waals surface area contributed by atoms with Crippen LogP contribution in [0.25, 0.3) is 0 Å². The molecule has 0 aliphatic rings. The van der Waals surface area contributed by atoms with E-state index in [0.717, 1.165) is 12.1 Å². The van der Waals surface area contributed by atoms with Crippen LogP contribution < -0.4 is 4.74 Å². The first-order valence-corrected chi connectivity index (χ1v) is 5.82. The van der Waals surface area contributed by atoms with Crippen LogP contribution in [0.15, 0.2) is 36.4 Å². The van der Waals surface area contributed by atoms with Crippen molar-refractivity contribution < 1.29 is 22.7 Å². The molecule has 2 nitrogen and oxygen atoms in total. The molecular formula is C15H11F3O2. The molecule has 5 heteroatoms. The van der Waals surface area contributed by atoms with Gasteiger partial charge in [-0.05, 0) is 29.8 Å². The molecule has 2 aromatic rings. The fourth-order valence-electron chi connectivity index (χ4n) is 1.80. The zero-order valence-electron chi connectivity index (χ0n) is 10.6. The molecule has 0 N–H and O–H groups in total. The van der Waals surface area contributed by atoms with Crippen molar-refractivity contribution in [2.45, 2.75) is 6.42 Å². The lowest BCUT2D eigenvalue weighted by Crippen LogP contribution is -2.08. The summed E-state index contributed by atoms with van der Waals surface area (Å²) in [5.41, 5.74) is 0.130. The van der Waals surface area contributed by atoms with E-state index < -0.39 is 28.8 Å². The number of rotatable bonds is 4. The van der Waals surface area contributed by atoms with Gasteiger partial charge in [-0.3, -0.25) is 4.79 Å². The minimum absolute atomic E-state index is 0.126. The fourth-order valence-corrected chi connectivity index (χ4v) is 1.80. The van der Waals surface area contributed by atoms with E-state index in [9.17, 15) is 18.0 Å². The van der Waals surface area contributed by atoms with Crippen molar-refractivity contribution in [1.29, 1.82) is 0 Å². The number of methoxy groups -OCH3 is 1. The molecule has 0 bridgehead atoms. The van der Waals surface area contributed by atoms with Gasteiger partial charge in [-0.1, -0.05) is 12.1 Å². The highest BCUT2D eigenvalue weighted by atomic mass is 19.2. The Bertz CT molecular complexity index is 654. The van der Waals surface area contributed by atoms with E-state index >= 15 is 0 Å². The molecule has 0 aliphatic heterocycles. The molecule has 2 aromatic carbocycles. The Morgan fingerprint density at radius 1 is 1.10 bits per heavy atom. The van der Waals surface area contributed by atoms with E-state index in [1.165, 1.54) is 7.11 Å². The molecule has 0 aromatic heterocycles. The van der Waals surface area contributed by atoms with E-state index in [-0.39, 0.29) is 6.42 Å². The van der Waals surface area contributed by atoms with Crippen molar-refractivity contribution in [1.82, 2.24) is 0 Å². The molecule has 0 amide bonds. The minimum Gasteiger partial charge on any atom is -0.497 e. The molecule has 104 valence electrons. The maximum Gasteiger partial charge on any atom is 0.195 e. The molecule has 2 rings (SSSR count). The number of Topliss-reactive ketones (excluding diaryl/α,β-unsaturated/α-hetero) is 1. The molecule has 0 saturated heterocycles. The van der Waals surface area contributed by atoms with Gasteiger partial charge in [0.05, 0.1) is 12.7 Å². The van der Waals surface area contributed by atoms with Crippen LogP contribution in [0.5, 0.6) is 5.75 Å². The second kappa shape index (κ2) is 5.77. The van der Waals surface area contributed by atoms with Crippen molar-refractivity contribution >= 4 is 5.78 Å². The van der Waals surface area contributed by atoms with Gasteiger partial charge < -0.3 is 4.74 Å². The number of ketones is 1. The maximum absolute atomic E-state index is 13.5. The average molecular weight is 280 g/mol. The highest BCUT2D eigenvalue weighted by Crippen LogP contribution is 2.19. The first-order chi connectivity index (χ1) is 9.52. The van der Waals surface area contributed by atoms with Crippen LogP contribution in [-0.2, 0) is 6.42 Å². The van der Waals surface area contributed by atoms with Gasteiger partial charge in [-0.25, -0.2) is 13.2 Å². The Hall–Kier alpha value is -2.30. The number of halogens is 3. The van der Waals surface area contributed by atoms with Crippen molar-refractivity contribution in [2.24, 2.45) is 0 Å². The zero-order valence-corrected chi connectivity index (χ0v) is 10.6. The van der Waals surface area contributed by atoms with Crippen LogP contribution in [0.3, 0.4) is 0 Å². The van der Waals surface area contributed by atoms with Crippen molar-refractivity contribution in [3.05, 3.63) is 65.0 Å². The predicted octanol–water partition coefficient (Wildman–Crippen LogP) is 3.54. The average Bonchev–Trinajstić information content (AvgIpc) is 2.45. The standard InChI is InChI=1S/C15H11F3O2/c1-20-10-4-2-3-9(7-10)8-13(19)11-5-6-12(16)15(18)14(11)17/h2-7H,8H2,1H3. The van der Waals surface area contributed by atoms with Gasteiger partial charge >= 0.3 is 0 Å². The fraction of sp³-hybridized carbons (Fsp3) is 0.133. The summed E-state index contributed by atoms with van der Waals surface area (Å²) in [5, 5.41) is 0. The molecule has 0 atom stereocenters. The first kappa shape index (κ1) is 14.1. The van der Waals surface area contributed by atoms with Gasteiger partial charge in [-0.2, -0.15) is 0 Å². The third kappa shape index (κ3) is 2.82. The molecule has 0 radical (unpaired) electrons. The van der Waals surface area contributed by atoms with Crippen LogP contribution in [0.4, 0.5) is 13.2 Å². The van der Waals surface area contributed by atoms with Gasteiger partial charge in [0.25, 0.3) is 0 Å². The molecule has 0 aliphatic carbocycles. The Labute approximate surface area is 113 Å². The lowest BCUT2D eigenvalue weighted by molar-refractivity contribution is 0.0988. The smallest absolute Gasteiger partial charge is 0.195 e. The predicted molar refractivity (Wildman–Crippen MR) is 67.3 cm³/mol. The Kier molecular flexibility index (Phi) is 4.08. The molecule has 0 saturated carbocycles. The summed E-state index contributed by atoms with van der Waals surface area (Å²) in [4.78, 5) is 11.9. The third-order valence-electron chi connectivity index (χ3n) is 2.83. The first-order valence-electron chi connectivity index (χ1n) is 5.82. The molecule has 20 heavy (non-hydrogen) atoms. The third-order valence-corrected chi connectivity index (χ3v) is 2.83. The Morgan fingerprint density at radius 2 is 1.85 bits per heavy atom. The van der Waals surface area contributed by atoms with Crippen molar-refractivity contribution in [3.63, 3.8) is 0 Å². The van der Waals surface area contributed by atoms with Crippen LogP contribution in [0, 0.1) is 17.5 Å². The number of carbonyl (C=O) groups excluding carboxylic acids is 1. The molecule has 0 heterocycles. The van der Waals surface area contributed by atoms with Crippen molar-refractivity contribution in [2.75, 3.05) is 7.11 Å². The minimum atomic E-state index is -1.64. The molecule has 0 spiro atoms. The number of ether oxygens (including phenoxy) is 1. The van der Waals surface area contributed by atoms with E-state index in [1.807, 2.05) is 0 Å². The molecule has 0 fully saturated rings. The van der Waals surface area contributed by atoms with Crippen LogP contribution in [0.1, 0.15) is 15.9 Å². The summed E-state index contributed by atoms with van der Waals surface area (Å²) in [7, 11) is 1.48. The number of hydrogen-bond donors (Lipinski definition) is 0. The van der Waals surface area contributed by atoms with E-state index in [4.69, 9.17) is 4.74 Å². The normalized spacial score (nSPS) is 10.4. The lowest BCUT2D eigenvalue weighted by atomic mass is 10.0. The number of benzene rings is 2. The Balaban J connectivity index is 2.26. The second-order valence-corrected chi connectivity index (χ2v) is 4.17. The highest BCUT2D eigenvalue weighted by Gasteiger charge is 2.18. The van der Waals surface area contributed by atoms with E-state index in [2.05, 4.69) is 0 Å². The quantitative estimate of drug-likeness (QED) is 0.632. The number of hydrogen-bond acceptors (Lipinski definition) is 2. The van der Waals surface area contributed by atoms with Gasteiger partial charge in [-0.15, -0.1) is 0 Å². The van der Waals surface area contributed by atoms with Crippen LogP contribution in [0.2, 0.25) is 0 Å². The van der Waals surface area contributed by atoms with Crippen LogP contribution in [-0.4, -0.2) is 12.9 Å². The summed E-state index contributed by atoms with van der Waals surface area (Å²) in [6, 6.07) is 8.34. The monoisotopic (exact) mass is 280 g/mol. The van der Waals surface area contributed by atoms with E-state index in [1.54, 1.807) is 24.3 Å². The largest absolute Gasteiger partial charge is 0.497 e. The van der Waals surface area contributed by atoms with Gasteiger partial charge in [0.1, 0.15) is 5.75 Å². The van der Waals surface area contributed by atoms with Crippen LogP contribution >= 0.6 is 0 Å².